The van der Waals surface area contributed by atoms with Crippen molar-refractivity contribution < 1.29 is 28.6 Å². The Kier molecular flexibility index (Phi) is 53.5. The molecule has 0 heterocycles. The van der Waals surface area contributed by atoms with Gasteiger partial charge in [0.2, 0.25) is 0 Å². The zero-order valence-corrected chi connectivity index (χ0v) is 46.7. The van der Waals surface area contributed by atoms with E-state index in [0.717, 1.165) is 69.6 Å². The molecular formula is C62H120O6. The van der Waals surface area contributed by atoms with Crippen LogP contribution in [0.1, 0.15) is 349 Å². The van der Waals surface area contributed by atoms with Crippen LogP contribution in [-0.4, -0.2) is 37.2 Å². The Morgan fingerprint density at radius 1 is 0.279 bits per heavy atom. The van der Waals surface area contributed by atoms with Gasteiger partial charge in [0.05, 0.1) is 0 Å². The minimum absolute atomic E-state index is 0.0622. The van der Waals surface area contributed by atoms with Crippen molar-refractivity contribution in [3.8, 4) is 0 Å². The van der Waals surface area contributed by atoms with E-state index in [1.165, 1.54) is 238 Å². The quantitative estimate of drug-likeness (QED) is 0.0343. The molecule has 0 aliphatic heterocycles. The Balaban J connectivity index is 4.27. The van der Waals surface area contributed by atoms with E-state index in [9.17, 15) is 14.4 Å². The van der Waals surface area contributed by atoms with Gasteiger partial charge in [0, 0.05) is 19.3 Å². The Hall–Kier alpha value is -1.59. The van der Waals surface area contributed by atoms with Crippen LogP contribution in [0.25, 0.3) is 0 Å². The normalized spacial score (nSPS) is 12.0. The van der Waals surface area contributed by atoms with Gasteiger partial charge < -0.3 is 14.2 Å². The third-order valence-electron chi connectivity index (χ3n) is 14.2. The maximum Gasteiger partial charge on any atom is 0.306 e. The van der Waals surface area contributed by atoms with Crippen LogP contribution in [0.15, 0.2) is 0 Å². The van der Waals surface area contributed by atoms with Gasteiger partial charge >= 0.3 is 17.9 Å². The second kappa shape index (κ2) is 54.7. The molecule has 404 valence electrons. The summed E-state index contributed by atoms with van der Waals surface area (Å²) in [6, 6.07) is 0. The average molecular weight is 962 g/mol. The lowest BCUT2D eigenvalue weighted by atomic mass is 10.0. The van der Waals surface area contributed by atoms with Gasteiger partial charge in [-0.1, -0.05) is 311 Å². The van der Waals surface area contributed by atoms with Crippen molar-refractivity contribution in [2.45, 2.75) is 355 Å². The summed E-state index contributed by atoms with van der Waals surface area (Å²) in [6.45, 7) is 11.4. The Morgan fingerprint density at radius 2 is 0.485 bits per heavy atom. The topological polar surface area (TPSA) is 78.9 Å². The van der Waals surface area contributed by atoms with Crippen LogP contribution >= 0.6 is 0 Å². The molecule has 0 spiro atoms. The van der Waals surface area contributed by atoms with Crippen molar-refractivity contribution in [3.05, 3.63) is 0 Å². The van der Waals surface area contributed by atoms with Gasteiger partial charge in [-0.25, -0.2) is 0 Å². The fourth-order valence-corrected chi connectivity index (χ4v) is 9.58. The number of carbonyl (C=O) groups excluding carboxylic acids is 3. The van der Waals surface area contributed by atoms with E-state index >= 15 is 0 Å². The molecule has 1 atom stereocenters. The summed E-state index contributed by atoms with van der Waals surface area (Å²) in [5.41, 5.74) is 0. The maximum absolute atomic E-state index is 12.9. The summed E-state index contributed by atoms with van der Waals surface area (Å²) < 4.78 is 16.9. The molecule has 0 bridgehead atoms. The molecule has 0 unspecified atom stereocenters. The second-order valence-electron chi connectivity index (χ2n) is 22.3. The van der Waals surface area contributed by atoms with Gasteiger partial charge in [-0.2, -0.15) is 0 Å². The maximum atomic E-state index is 12.9. The van der Waals surface area contributed by atoms with E-state index in [1.54, 1.807) is 0 Å². The molecule has 0 aromatic rings. The molecule has 0 rings (SSSR count). The minimum Gasteiger partial charge on any atom is -0.462 e. The van der Waals surface area contributed by atoms with Crippen molar-refractivity contribution >= 4 is 17.9 Å². The highest BCUT2D eigenvalue weighted by molar-refractivity contribution is 5.71. The molecule has 0 saturated heterocycles. The predicted octanol–water partition coefficient (Wildman–Crippen LogP) is 20.4. The molecule has 0 amide bonds. The van der Waals surface area contributed by atoms with Crippen molar-refractivity contribution in [2.75, 3.05) is 13.2 Å². The molecule has 0 aliphatic rings. The molecule has 0 N–H and O–H groups in total. The molecule has 6 heteroatoms. The van der Waals surface area contributed by atoms with Crippen LogP contribution in [0.4, 0.5) is 0 Å². The summed E-state index contributed by atoms with van der Waals surface area (Å²) in [5, 5.41) is 0. The fraction of sp³-hybridized carbons (Fsp3) is 0.952. The molecular weight excluding hydrogens is 841 g/mol. The van der Waals surface area contributed by atoms with Crippen LogP contribution in [0, 0.1) is 11.8 Å². The molecule has 0 aromatic carbocycles. The van der Waals surface area contributed by atoms with Gasteiger partial charge in [-0.05, 0) is 31.1 Å². The van der Waals surface area contributed by atoms with Crippen LogP contribution in [0.5, 0.6) is 0 Å². The lowest BCUT2D eigenvalue weighted by molar-refractivity contribution is -0.167. The fourth-order valence-electron chi connectivity index (χ4n) is 9.58. The van der Waals surface area contributed by atoms with Gasteiger partial charge in [-0.15, -0.1) is 0 Å². The van der Waals surface area contributed by atoms with E-state index in [0.29, 0.717) is 19.3 Å². The summed E-state index contributed by atoms with van der Waals surface area (Å²) in [5.74, 6) is 0.850. The predicted molar refractivity (Wildman–Crippen MR) is 293 cm³/mol. The average Bonchev–Trinajstić information content (AvgIpc) is 3.31. The Labute approximate surface area is 425 Å². The highest BCUT2D eigenvalue weighted by Crippen LogP contribution is 2.19. The molecule has 0 aromatic heterocycles. The summed E-state index contributed by atoms with van der Waals surface area (Å²) >= 11 is 0. The Bertz CT molecular complexity index is 1040. The van der Waals surface area contributed by atoms with Crippen molar-refractivity contribution in [1.82, 2.24) is 0 Å². The van der Waals surface area contributed by atoms with E-state index in [-0.39, 0.29) is 31.1 Å². The number of unbranched alkanes of at least 4 members (excludes halogenated alkanes) is 41. The number of esters is 3. The zero-order chi connectivity index (χ0) is 49.6. The van der Waals surface area contributed by atoms with Gasteiger partial charge in [-0.3, -0.25) is 14.4 Å². The van der Waals surface area contributed by atoms with Gasteiger partial charge in [0.1, 0.15) is 13.2 Å². The third kappa shape index (κ3) is 55.3. The number of hydrogen-bond donors (Lipinski definition) is 0. The van der Waals surface area contributed by atoms with E-state index in [1.807, 2.05) is 0 Å². The summed E-state index contributed by atoms with van der Waals surface area (Å²) in [7, 11) is 0. The first-order valence-corrected chi connectivity index (χ1v) is 30.7. The van der Waals surface area contributed by atoms with Crippen LogP contribution in [0.2, 0.25) is 0 Å². The van der Waals surface area contributed by atoms with E-state index in [4.69, 9.17) is 14.2 Å². The summed E-state index contributed by atoms with van der Waals surface area (Å²) in [6.07, 6.45) is 59.6. The first-order valence-electron chi connectivity index (χ1n) is 30.7. The third-order valence-corrected chi connectivity index (χ3v) is 14.2. The molecule has 68 heavy (non-hydrogen) atoms. The molecule has 6 nitrogen and oxygen atoms in total. The zero-order valence-electron chi connectivity index (χ0n) is 46.7. The SMILES string of the molecule is CCCCCCCCCCCCCCCCCC(=O)OC[C@H](COC(=O)CCCCCCCCCCCCCC(C)C)OC(=O)CCCCCCCCCCCCCCCCCCCCC(C)C. The Morgan fingerprint density at radius 3 is 0.721 bits per heavy atom. The number of hydrogen-bond acceptors (Lipinski definition) is 6. The van der Waals surface area contributed by atoms with E-state index in [2.05, 4.69) is 34.6 Å². The molecule has 0 aliphatic carbocycles. The highest BCUT2D eigenvalue weighted by Gasteiger charge is 2.19. The highest BCUT2D eigenvalue weighted by atomic mass is 16.6. The molecule has 0 fully saturated rings. The second-order valence-corrected chi connectivity index (χ2v) is 22.3. The van der Waals surface area contributed by atoms with Crippen molar-refractivity contribution in [2.24, 2.45) is 11.8 Å². The smallest absolute Gasteiger partial charge is 0.306 e. The monoisotopic (exact) mass is 961 g/mol. The largest absolute Gasteiger partial charge is 0.462 e. The number of ether oxygens (including phenoxy) is 3. The minimum atomic E-state index is -0.763. The van der Waals surface area contributed by atoms with Crippen LogP contribution < -0.4 is 0 Å². The number of rotatable bonds is 56. The van der Waals surface area contributed by atoms with Crippen LogP contribution in [0.3, 0.4) is 0 Å². The van der Waals surface area contributed by atoms with Crippen molar-refractivity contribution in [1.29, 1.82) is 0 Å². The molecule has 0 saturated carbocycles. The lowest BCUT2D eigenvalue weighted by Gasteiger charge is -2.18. The van der Waals surface area contributed by atoms with E-state index < -0.39 is 6.10 Å². The first-order chi connectivity index (χ1) is 33.2. The first kappa shape index (κ1) is 66.4. The summed E-state index contributed by atoms with van der Waals surface area (Å²) in [4.78, 5) is 38.2. The number of carbonyl (C=O) groups is 3. The van der Waals surface area contributed by atoms with Crippen LogP contribution in [-0.2, 0) is 28.6 Å². The molecule has 0 radical (unpaired) electrons. The van der Waals surface area contributed by atoms with Gasteiger partial charge in [0.15, 0.2) is 6.10 Å². The van der Waals surface area contributed by atoms with Gasteiger partial charge in [0.25, 0.3) is 0 Å². The lowest BCUT2D eigenvalue weighted by Crippen LogP contribution is -2.30. The van der Waals surface area contributed by atoms with Crippen molar-refractivity contribution in [3.63, 3.8) is 0 Å². The standard InChI is InChI=1S/C62H120O6/c1-6-7-8-9-10-11-12-13-18-22-27-32-37-42-47-52-60(63)66-55-59(56-67-61(64)53-48-43-38-33-29-24-26-31-36-41-46-51-58(4)5)68-62(65)54-49-44-39-34-28-23-20-17-15-14-16-19-21-25-30-35-40-45-50-57(2)3/h57-59H,6-56H2,1-5H3/t59-/m1/s1.